The first-order valence-electron chi connectivity index (χ1n) is 4.76. The summed E-state index contributed by atoms with van der Waals surface area (Å²) in [6.07, 6.45) is 2.13. The van der Waals surface area contributed by atoms with E-state index < -0.39 is 0 Å². The van der Waals surface area contributed by atoms with E-state index in [2.05, 4.69) is 17.3 Å². The van der Waals surface area contributed by atoms with Crippen LogP contribution < -0.4 is 5.32 Å². The highest BCUT2D eigenvalue weighted by Crippen LogP contribution is 2.15. The summed E-state index contributed by atoms with van der Waals surface area (Å²) in [5, 5.41) is 7.69. The van der Waals surface area contributed by atoms with Crippen molar-refractivity contribution in [1.82, 2.24) is 15.1 Å². The smallest absolute Gasteiger partial charge is 0.114 e. The van der Waals surface area contributed by atoms with Gasteiger partial charge in [-0.15, -0.1) is 0 Å². The Hall–Kier alpha value is -0.870. The molecular weight excluding hydrogens is 166 g/mol. The number of aryl methyl sites for hydroxylation is 1. The van der Waals surface area contributed by atoms with Crippen LogP contribution in [0, 0.1) is 0 Å². The highest BCUT2D eigenvalue weighted by Gasteiger charge is 2.17. The third-order valence-electron chi connectivity index (χ3n) is 2.24. The second-order valence-corrected chi connectivity index (χ2v) is 3.16. The number of hydrogen-bond donors (Lipinski definition) is 1. The average molecular weight is 181 g/mol. The van der Waals surface area contributed by atoms with Gasteiger partial charge >= 0.3 is 0 Å². The number of rotatable bonds is 2. The van der Waals surface area contributed by atoms with Gasteiger partial charge in [-0.05, 0) is 13.0 Å². The molecule has 1 unspecified atom stereocenters. The zero-order chi connectivity index (χ0) is 9.10. The maximum absolute atomic E-state index is 5.58. The lowest BCUT2D eigenvalue weighted by Gasteiger charge is -2.21. The second-order valence-electron chi connectivity index (χ2n) is 3.16. The Morgan fingerprint density at radius 2 is 2.69 bits per heavy atom. The molecular formula is C9H15N3O. The summed E-state index contributed by atoms with van der Waals surface area (Å²) in [6.45, 7) is 5.60. The minimum atomic E-state index is 0.140. The molecule has 4 heteroatoms. The number of aromatic nitrogens is 2. The van der Waals surface area contributed by atoms with Crippen molar-refractivity contribution in [2.45, 2.75) is 19.6 Å². The van der Waals surface area contributed by atoms with Crippen molar-refractivity contribution in [2.24, 2.45) is 0 Å². The van der Waals surface area contributed by atoms with Crippen LogP contribution in [0.15, 0.2) is 12.3 Å². The summed E-state index contributed by atoms with van der Waals surface area (Å²) in [5.74, 6) is 0. The van der Waals surface area contributed by atoms with Gasteiger partial charge in [-0.2, -0.15) is 5.10 Å². The summed E-state index contributed by atoms with van der Waals surface area (Å²) >= 11 is 0. The van der Waals surface area contributed by atoms with E-state index in [1.54, 1.807) is 0 Å². The number of hydrogen-bond acceptors (Lipinski definition) is 3. The van der Waals surface area contributed by atoms with Crippen molar-refractivity contribution in [2.75, 3.05) is 19.7 Å². The van der Waals surface area contributed by atoms with E-state index in [9.17, 15) is 0 Å². The number of morpholine rings is 1. The van der Waals surface area contributed by atoms with Crippen molar-refractivity contribution in [3.63, 3.8) is 0 Å². The van der Waals surface area contributed by atoms with E-state index in [0.717, 1.165) is 31.9 Å². The quantitative estimate of drug-likeness (QED) is 0.724. The van der Waals surface area contributed by atoms with Crippen LogP contribution in [0.25, 0.3) is 0 Å². The minimum Gasteiger partial charge on any atom is -0.369 e. The molecule has 1 aromatic heterocycles. The zero-order valence-corrected chi connectivity index (χ0v) is 7.86. The van der Waals surface area contributed by atoms with E-state index in [-0.39, 0.29) is 6.10 Å². The number of nitrogens with one attached hydrogen (secondary N) is 1. The van der Waals surface area contributed by atoms with Gasteiger partial charge in [0, 0.05) is 25.8 Å². The van der Waals surface area contributed by atoms with E-state index in [4.69, 9.17) is 4.74 Å². The molecule has 1 aliphatic heterocycles. The van der Waals surface area contributed by atoms with Gasteiger partial charge in [0.15, 0.2) is 0 Å². The molecule has 0 saturated carbocycles. The van der Waals surface area contributed by atoms with Gasteiger partial charge in [-0.1, -0.05) is 0 Å². The van der Waals surface area contributed by atoms with Crippen LogP contribution in [0.3, 0.4) is 0 Å². The molecule has 1 N–H and O–H groups in total. The van der Waals surface area contributed by atoms with Crippen molar-refractivity contribution in [3.8, 4) is 0 Å². The molecule has 0 radical (unpaired) electrons. The Labute approximate surface area is 77.9 Å². The molecule has 2 heterocycles. The van der Waals surface area contributed by atoms with E-state index >= 15 is 0 Å². The van der Waals surface area contributed by atoms with Crippen LogP contribution in [-0.4, -0.2) is 29.5 Å². The molecule has 1 aliphatic rings. The fourth-order valence-electron chi connectivity index (χ4n) is 1.48. The lowest BCUT2D eigenvalue weighted by molar-refractivity contribution is 0.0246. The molecule has 1 fully saturated rings. The largest absolute Gasteiger partial charge is 0.369 e. The molecule has 2 rings (SSSR count). The SMILES string of the molecule is CCn1ccc(C2CNCCO2)n1. The molecule has 13 heavy (non-hydrogen) atoms. The van der Waals surface area contributed by atoms with Crippen LogP contribution in [0.5, 0.6) is 0 Å². The van der Waals surface area contributed by atoms with Gasteiger partial charge in [0.1, 0.15) is 6.10 Å². The van der Waals surface area contributed by atoms with Crippen LogP contribution in [-0.2, 0) is 11.3 Å². The highest BCUT2D eigenvalue weighted by molar-refractivity contribution is 5.04. The van der Waals surface area contributed by atoms with Crippen molar-refractivity contribution >= 4 is 0 Å². The molecule has 72 valence electrons. The lowest BCUT2D eigenvalue weighted by atomic mass is 10.2. The topological polar surface area (TPSA) is 39.1 Å². The monoisotopic (exact) mass is 181 g/mol. The van der Waals surface area contributed by atoms with Crippen LogP contribution in [0.4, 0.5) is 0 Å². The van der Waals surface area contributed by atoms with Crippen LogP contribution in [0.2, 0.25) is 0 Å². The van der Waals surface area contributed by atoms with Crippen molar-refractivity contribution in [3.05, 3.63) is 18.0 Å². The summed E-state index contributed by atoms with van der Waals surface area (Å²) in [7, 11) is 0. The summed E-state index contributed by atoms with van der Waals surface area (Å²) in [6, 6.07) is 2.03. The molecule has 0 amide bonds. The normalized spacial score (nSPS) is 23.3. The Morgan fingerprint density at radius 1 is 1.77 bits per heavy atom. The third-order valence-corrected chi connectivity index (χ3v) is 2.24. The fraction of sp³-hybridized carbons (Fsp3) is 0.667. The minimum absolute atomic E-state index is 0.140. The van der Waals surface area contributed by atoms with Gasteiger partial charge in [-0.3, -0.25) is 4.68 Å². The average Bonchev–Trinajstić information content (AvgIpc) is 2.67. The number of ether oxygens (including phenoxy) is 1. The molecule has 0 bridgehead atoms. The standard InChI is InChI=1S/C9H15N3O/c1-2-12-5-3-8(11-12)9-7-10-4-6-13-9/h3,5,9-10H,2,4,6-7H2,1H3. The van der Waals surface area contributed by atoms with Gasteiger partial charge in [0.2, 0.25) is 0 Å². The summed E-state index contributed by atoms with van der Waals surface area (Å²) in [4.78, 5) is 0. The fourth-order valence-corrected chi connectivity index (χ4v) is 1.48. The predicted octanol–water partition coefficient (Wildman–Crippen LogP) is 0.564. The molecule has 0 spiro atoms. The van der Waals surface area contributed by atoms with Gasteiger partial charge in [0.05, 0.1) is 12.3 Å². The van der Waals surface area contributed by atoms with Gasteiger partial charge < -0.3 is 10.1 Å². The molecule has 1 saturated heterocycles. The Bertz CT molecular complexity index is 266. The first kappa shape index (κ1) is 8.72. The molecule has 1 aromatic rings. The van der Waals surface area contributed by atoms with Gasteiger partial charge in [-0.25, -0.2) is 0 Å². The van der Waals surface area contributed by atoms with Crippen LogP contribution in [0.1, 0.15) is 18.7 Å². The van der Waals surface area contributed by atoms with Gasteiger partial charge in [0.25, 0.3) is 0 Å². The summed E-state index contributed by atoms with van der Waals surface area (Å²) in [5.41, 5.74) is 1.04. The Kier molecular flexibility index (Phi) is 2.61. The van der Waals surface area contributed by atoms with Crippen molar-refractivity contribution in [1.29, 1.82) is 0 Å². The zero-order valence-electron chi connectivity index (χ0n) is 7.86. The molecule has 0 aromatic carbocycles. The predicted molar refractivity (Wildman–Crippen MR) is 49.5 cm³/mol. The maximum Gasteiger partial charge on any atom is 0.114 e. The van der Waals surface area contributed by atoms with Crippen molar-refractivity contribution < 1.29 is 4.74 Å². The highest BCUT2D eigenvalue weighted by atomic mass is 16.5. The third kappa shape index (κ3) is 1.89. The second kappa shape index (κ2) is 3.89. The summed E-state index contributed by atoms with van der Waals surface area (Å²) < 4.78 is 7.51. The number of nitrogens with zero attached hydrogens (tertiary/aromatic N) is 2. The Morgan fingerprint density at radius 3 is 3.31 bits per heavy atom. The Balaban J connectivity index is 2.05. The van der Waals surface area contributed by atoms with E-state index in [1.165, 1.54) is 0 Å². The maximum atomic E-state index is 5.58. The molecule has 1 atom stereocenters. The first-order chi connectivity index (χ1) is 6.40. The van der Waals surface area contributed by atoms with E-state index in [1.807, 2.05) is 16.9 Å². The molecule has 4 nitrogen and oxygen atoms in total. The lowest BCUT2D eigenvalue weighted by Crippen LogP contribution is -2.33. The molecule has 0 aliphatic carbocycles. The van der Waals surface area contributed by atoms with E-state index in [0.29, 0.717) is 0 Å². The first-order valence-corrected chi connectivity index (χ1v) is 4.76. The van der Waals surface area contributed by atoms with Crippen LogP contribution >= 0.6 is 0 Å².